The summed E-state index contributed by atoms with van der Waals surface area (Å²) in [6.45, 7) is 12.4. The van der Waals surface area contributed by atoms with Crippen LogP contribution < -0.4 is 5.32 Å². The average Bonchev–Trinajstić information content (AvgIpc) is 2.09. The Bertz CT molecular complexity index is 173. The lowest BCUT2D eigenvalue weighted by atomic mass is 10.1. The van der Waals surface area contributed by atoms with E-state index in [2.05, 4.69) is 33.0 Å². The predicted molar refractivity (Wildman–Crippen MR) is 60.3 cm³/mol. The number of nitrogens with zero attached hydrogens (tertiary/aromatic N) is 1. The molecule has 0 aliphatic carbocycles. The molecule has 0 fully saturated rings. The van der Waals surface area contributed by atoms with Gasteiger partial charge in [-0.25, -0.2) is 0 Å². The summed E-state index contributed by atoms with van der Waals surface area (Å²) < 4.78 is 0. The van der Waals surface area contributed by atoms with Crippen LogP contribution in [0.15, 0.2) is 0 Å². The van der Waals surface area contributed by atoms with Crippen molar-refractivity contribution in [2.24, 2.45) is 0 Å². The van der Waals surface area contributed by atoms with Crippen molar-refractivity contribution in [1.29, 1.82) is 0 Å². The van der Waals surface area contributed by atoms with Crippen LogP contribution >= 0.6 is 0 Å². The molecule has 0 aliphatic rings. The molecular weight excluding hydrogens is 176 g/mol. The first kappa shape index (κ1) is 13.4. The summed E-state index contributed by atoms with van der Waals surface area (Å²) in [5, 5.41) is 3.20. The van der Waals surface area contributed by atoms with Crippen molar-refractivity contribution in [2.75, 3.05) is 19.6 Å². The van der Waals surface area contributed by atoms with Crippen molar-refractivity contribution in [2.45, 2.75) is 46.6 Å². The van der Waals surface area contributed by atoms with E-state index in [1.807, 2.05) is 11.8 Å². The molecule has 3 nitrogen and oxygen atoms in total. The molecule has 0 bridgehead atoms. The second-order valence-electron chi connectivity index (χ2n) is 4.58. The highest BCUT2D eigenvalue weighted by molar-refractivity contribution is 5.78. The molecule has 0 rings (SSSR count). The molecule has 0 heterocycles. The Hall–Kier alpha value is -0.570. The first-order chi connectivity index (χ1) is 6.40. The van der Waals surface area contributed by atoms with Crippen LogP contribution in [0, 0.1) is 0 Å². The van der Waals surface area contributed by atoms with Gasteiger partial charge in [0.05, 0.1) is 6.54 Å². The molecule has 0 aliphatic heterocycles. The molecule has 1 N–H and O–H groups in total. The second-order valence-corrected chi connectivity index (χ2v) is 4.58. The Balaban J connectivity index is 3.93. The predicted octanol–water partition coefficient (Wildman–Crippen LogP) is 1.63. The molecule has 0 saturated carbocycles. The van der Waals surface area contributed by atoms with Crippen LogP contribution in [0.25, 0.3) is 0 Å². The molecule has 0 atom stereocenters. The third-order valence-corrected chi connectivity index (χ3v) is 2.00. The summed E-state index contributed by atoms with van der Waals surface area (Å²) in [6.07, 6.45) is 1.02. The molecule has 84 valence electrons. The lowest BCUT2D eigenvalue weighted by Gasteiger charge is -2.24. The smallest absolute Gasteiger partial charge is 0.236 e. The van der Waals surface area contributed by atoms with E-state index in [0.29, 0.717) is 6.54 Å². The van der Waals surface area contributed by atoms with E-state index in [-0.39, 0.29) is 11.4 Å². The second kappa shape index (κ2) is 6.02. The van der Waals surface area contributed by atoms with Crippen LogP contribution in [0.5, 0.6) is 0 Å². The lowest BCUT2D eigenvalue weighted by Crippen LogP contribution is -2.45. The summed E-state index contributed by atoms with van der Waals surface area (Å²) in [6, 6.07) is 0. The number of hydrogen-bond donors (Lipinski definition) is 1. The molecule has 1 amide bonds. The van der Waals surface area contributed by atoms with Crippen molar-refractivity contribution >= 4 is 5.91 Å². The maximum Gasteiger partial charge on any atom is 0.236 e. The highest BCUT2D eigenvalue weighted by Gasteiger charge is 2.14. The molecule has 0 aromatic heterocycles. The fourth-order valence-corrected chi connectivity index (χ4v) is 1.18. The van der Waals surface area contributed by atoms with Gasteiger partial charge in [-0.15, -0.1) is 0 Å². The summed E-state index contributed by atoms with van der Waals surface area (Å²) in [5.74, 6) is 0.198. The summed E-state index contributed by atoms with van der Waals surface area (Å²) in [5.41, 5.74) is 0.0152. The maximum absolute atomic E-state index is 11.7. The zero-order valence-corrected chi connectivity index (χ0v) is 10.2. The van der Waals surface area contributed by atoms with Crippen LogP contribution in [-0.4, -0.2) is 36.0 Å². The Labute approximate surface area is 87.9 Å². The quantitative estimate of drug-likeness (QED) is 0.731. The van der Waals surface area contributed by atoms with Crippen LogP contribution in [0.1, 0.15) is 41.0 Å². The first-order valence-electron chi connectivity index (χ1n) is 5.43. The van der Waals surface area contributed by atoms with Gasteiger partial charge >= 0.3 is 0 Å². The van der Waals surface area contributed by atoms with Crippen LogP contribution in [0.3, 0.4) is 0 Å². The number of hydrogen-bond acceptors (Lipinski definition) is 2. The van der Waals surface area contributed by atoms with Crippen molar-refractivity contribution < 1.29 is 4.79 Å². The van der Waals surface area contributed by atoms with E-state index >= 15 is 0 Å². The number of rotatable bonds is 5. The zero-order valence-electron chi connectivity index (χ0n) is 10.2. The molecule has 0 aromatic rings. The van der Waals surface area contributed by atoms with E-state index in [4.69, 9.17) is 0 Å². The lowest BCUT2D eigenvalue weighted by molar-refractivity contribution is -0.130. The SMILES string of the molecule is CCCN(CC)C(=O)CNC(C)(C)C. The normalized spacial score (nSPS) is 11.5. The van der Waals surface area contributed by atoms with E-state index in [9.17, 15) is 4.79 Å². The molecule has 0 radical (unpaired) electrons. The van der Waals surface area contributed by atoms with Gasteiger partial charge in [0.2, 0.25) is 5.91 Å². The molecular formula is C11H24N2O. The standard InChI is InChI=1S/C11H24N2O/c1-6-8-13(7-2)10(14)9-12-11(3,4)5/h12H,6-9H2,1-5H3. The largest absolute Gasteiger partial charge is 0.342 e. The number of carbonyl (C=O) groups is 1. The van der Waals surface area contributed by atoms with Gasteiger partial charge in [0.1, 0.15) is 0 Å². The highest BCUT2D eigenvalue weighted by Crippen LogP contribution is 1.99. The van der Waals surface area contributed by atoms with Crippen LogP contribution in [0.4, 0.5) is 0 Å². The van der Waals surface area contributed by atoms with E-state index < -0.39 is 0 Å². The Morgan fingerprint density at radius 1 is 1.29 bits per heavy atom. The van der Waals surface area contributed by atoms with E-state index in [1.54, 1.807) is 0 Å². The number of nitrogens with one attached hydrogen (secondary N) is 1. The Morgan fingerprint density at radius 2 is 1.86 bits per heavy atom. The molecule has 0 spiro atoms. The Kier molecular flexibility index (Phi) is 5.77. The zero-order chi connectivity index (χ0) is 11.2. The minimum absolute atomic E-state index is 0.0152. The van der Waals surface area contributed by atoms with E-state index in [0.717, 1.165) is 19.5 Å². The fraction of sp³-hybridized carbons (Fsp3) is 0.909. The monoisotopic (exact) mass is 200 g/mol. The topological polar surface area (TPSA) is 32.3 Å². The number of amides is 1. The highest BCUT2D eigenvalue weighted by atomic mass is 16.2. The first-order valence-corrected chi connectivity index (χ1v) is 5.43. The van der Waals surface area contributed by atoms with Crippen molar-refractivity contribution in [3.8, 4) is 0 Å². The molecule has 0 saturated heterocycles. The van der Waals surface area contributed by atoms with Gasteiger partial charge in [0.25, 0.3) is 0 Å². The van der Waals surface area contributed by atoms with Gasteiger partial charge in [-0.05, 0) is 34.1 Å². The van der Waals surface area contributed by atoms with Gasteiger partial charge < -0.3 is 10.2 Å². The molecule has 14 heavy (non-hydrogen) atoms. The van der Waals surface area contributed by atoms with Gasteiger partial charge in [-0.3, -0.25) is 4.79 Å². The minimum atomic E-state index is 0.0152. The average molecular weight is 200 g/mol. The minimum Gasteiger partial charge on any atom is -0.342 e. The fourth-order valence-electron chi connectivity index (χ4n) is 1.18. The third kappa shape index (κ3) is 5.97. The summed E-state index contributed by atoms with van der Waals surface area (Å²) in [7, 11) is 0. The molecule has 0 aromatic carbocycles. The Morgan fingerprint density at radius 3 is 2.21 bits per heavy atom. The van der Waals surface area contributed by atoms with Crippen molar-refractivity contribution in [3.63, 3.8) is 0 Å². The van der Waals surface area contributed by atoms with Gasteiger partial charge in [-0.2, -0.15) is 0 Å². The van der Waals surface area contributed by atoms with Gasteiger partial charge in [0.15, 0.2) is 0 Å². The van der Waals surface area contributed by atoms with Crippen LogP contribution in [-0.2, 0) is 4.79 Å². The van der Waals surface area contributed by atoms with Crippen molar-refractivity contribution in [1.82, 2.24) is 10.2 Å². The number of carbonyl (C=O) groups excluding carboxylic acids is 1. The van der Waals surface area contributed by atoms with Gasteiger partial charge in [0, 0.05) is 18.6 Å². The summed E-state index contributed by atoms with van der Waals surface area (Å²) >= 11 is 0. The molecule has 3 heteroatoms. The number of likely N-dealkylation sites (N-methyl/N-ethyl adjacent to an activating group) is 1. The van der Waals surface area contributed by atoms with Gasteiger partial charge in [-0.1, -0.05) is 6.92 Å². The van der Waals surface area contributed by atoms with Crippen molar-refractivity contribution in [3.05, 3.63) is 0 Å². The van der Waals surface area contributed by atoms with E-state index in [1.165, 1.54) is 0 Å². The summed E-state index contributed by atoms with van der Waals surface area (Å²) in [4.78, 5) is 13.6. The molecule has 0 unspecified atom stereocenters. The maximum atomic E-state index is 11.7. The van der Waals surface area contributed by atoms with Crippen LogP contribution in [0.2, 0.25) is 0 Å². The third-order valence-electron chi connectivity index (χ3n) is 2.00.